The van der Waals surface area contributed by atoms with Crippen molar-refractivity contribution in [2.45, 2.75) is 6.54 Å². The molecule has 0 atom stereocenters. The molecule has 4 N–H and O–H groups in total. The Bertz CT molecular complexity index is 496. The second-order valence-electron chi connectivity index (χ2n) is 4.14. The lowest BCUT2D eigenvalue weighted by atomic mass is 10.2. The van der Waals surface area contributed by atoms with Crippen LogP contribution in [0.15, 0.2) is 22.7 Å². The highest BCUT2D eigenvalue weighted by atomic mass is 79.9. The summed E-state index contributed by atoms with van der Waals surface area (Å²) < 4.78 is 11.0. The summed E-state index contributed by atoms with van der Waals surface area (Å²) in [7, 11) is 1.65. The number of halogens is 1. The number of ether oxygens (including phenoxy) is 2. The minimum atomic E-state index is -0.903. The molecule has 21 heavy (non-hydrogen) atoms. The van der Waals surface area contributed by atoms with E-state index in [-0.39, 0.29) is 6.61 Å². The van der Waals surface area contributed by atoms with Crippen LogP contribution in [-0.4, -0.2) is 38.8 Å². The third kappa shape index (κ3) is 7.07. The van der Waals surface area contributed by atoms with E-state index >= 15 is 0 Å². The molecule has 1 aromatic rings. The minimum Gasteiger partial charge on any atom is -0.483 e. The fourth-order valence-corrected chi connectivity index (χ4v) is 2.04. The quantitative estimate of drug-likeness (QED) is 0.594. The van der Waals surface area contributed by atoms with Crippen molar-refractivity contribution < 1.29 is 19.1 Å². The molecule has 0 spiro atoms. The Morgan fingerprint density at radius 3 is 2.76 bits per heavy atom. The molecule has 0 aromatic heterocycles. The van der Waals surface area contributed by atoms with Gasteiger partial charge in [0.1, 0.15) is 5.75 Å². The Hall–Kier alpha value is -1.64. The topological polar surface area (TPSA) is 103 Å². The van der Waals surface area contributed by atoms with Gasteiger partial charge in [-0.05, 0) is 33.6 Å². The van der Waals surface area contributed by atoms with Crippen molar-refractivity contribution >= 4 is 27.9 Å². The molecule has 116 valence electrons. The average Bonchev–Trinajstić information content (AvgIpc) is 2.42. The highest BCUT2D eigenvalue weighted by Crippen LogP contribution is 2.25. The van der Waals surface area contributed by atoms with Crippen molar-refractivity contribution in [2.24, 2.45) is 5.73 Å². The molecule has 0 aliphatic carbocycles. The molecule has 1 aromatic carbocycles. The van der Waals surface area contributed by atoms with Crippen LogP contribution in [0.25, 0.3) is 0 Å². The molecular formula is C13H18BrN3O4. The molecule has 0 bridgehead atoms. The number of imide groups is 1. The number of primary amides is 1. The standard InChI is InChI=1S/C13H18BrN3O4/c1-20-5-4-16-7-9-2-3-11(10(14)6-9)21-8-12(18)17-13(15)19/h2-3,6,16H,4-5,7-8H2,1H3,(H3,15,17,18,19). The van der Waals surface area contributed by atoms with Gasteiger partial charge in [0.15, 0.2) is 6.61 Å². The molecule has 3 amide bonds. The molecule has 0 saturated carbocycles. The first-order valence-corrected chi connectivity index (χ1v) is 7.02. The van der Waals surface area contributed by atoms with Gasteiger partial charge in [-0.3, -0.25) is 10.1 Å². The lowest BCUT2D eigenvalue weighted by Gasteiger charge is -2.10. The van der Waals surface area contributed by atoms with E-state index in [1.807, 2.05) is 17.4 Å². The van der Waals surface area contributed by atoms with Gasteiger partial charge in [0.2, 0.25) is 0 Å². The number of benzene rings is 1. The van der Waals surface area contributed by atoms with Crippen LogP contribution in [0, 0.1) is 0 Å². The van der Waals surface area contributed by atoms with Crippen molar-refractivity contribution in [3.63, 3.8) is 0 Å². The molecular weight excluding hydrogens is 342 g/mol. The first kappa shape index (κ1) is 17.4. The molecule has 0 unspecified atom stereocenters. The molecule has 8 heteroatoms. The minimum absolute atomic E-state index is 0.285. The number of carbonyl (C=O) groups excluding carboxylic acids is 2. The summed E-state index contributed by atoms with van der Waals surface area (Å²) in [6, 6.07) is 4.61. The van der Waals surface area contributed by atoms with Crippen LogP contribution < -0.4 is 21.1 Å². The van der Waals surface area contributed by atoms with E-state index in [4.69, 9.17) is 15.2 Å². The molecule has 0 fully saturated rings. The lowest BCUT2D eigenvalue weighted by molar-refractivity contribution is -0.121. The number of carbonyl (C=O) groups is 2. The Kier molecular flexibility index (Phi) is 7.73. The average molecular weight is 360 g/mol. The van der Waals surface area contributed by atoms with Gasteiger partial charge >= 0.3 is 6.03 Å². The summed E-state index contributed by atoms with van der Waals surface area (Å²) in [6.45, 7) is 1.83. The molecule has 0 aliphatic rings. The van der Waals surface area contributed by atoms with Gasteiger partial charge in [-0.2, -0.15) is 0 Å². The molecule has 0 radical (unpaired) electrons. The van der Waals surface area contributed by atoms with Gasteiger partial charge in [0, 0.05) is 20.2 Å². The van der Waals surface area contributed by atoms with E-state index in [9.17, 15) is 9.59 Å². The Balaban J connectivity index is 2.46. The Labute approximate surface area is 131 Å². The zero-order valence-electron chi connectivity index (χ0n) is 11.6. The van der Waals surface area contributed by atoms with Crippen molar-refractivity contribution in [1.29, 1.82) is 0 Å². The van der Waals surface area contributed by atoms with Crippen LogP contribution in [0.4, 0.5) is 4.79 Å². The first-order valence-electron chi connectivity index (χ1n) is 6.23. The lowest BCUT2D eigenvalue weighted by Crippen LogP contribution is -2.38. The molecule has 0 heterocycles. The summed E-state index contributed by atoms with van der Waals surface area (Å²) in [4.78, 5) is 21.7. The number of rotatable bonds is 8. The highest BCUT2D eigenvalue weighted by Gasteiger charge is 2.08. The van der Waals surface area contributed by atoms with Crippen LogP contribution in [-0.2, 0) is 16.1 Å². The van der Waals surface area contributed by atoms with Gasteiger partial charge in [-0.25, -0.2) is 4.79 Å². The van der Waals surface area contributed by atoms with Crippen LogP contribution in [0.5, 0.6) is 5.75 Å². The second-order valence-corrected chi connectivity index (χ2v) is 4.99. The van der Waals surface area contributed by atoms with E-state index in [0.29, 0.717) is 18.9 Å². The summed E-state index contributed by atoms with van der Waals surface area (Å²) in [5, 5.41) is 5.14. The van der Waals surface area contributed by atoms with Gasteiger partial charge in [-0.15, -0.1) is 0 Å². The largest absolute Gasteiger partial charge is 0.483 e. The van der Waals surface area contributed by atoms with Crippen LogP contribution >= 0.6 is 15.9 Å². The maximum atomic E-state index is 11.2. The summed E-state index contributed by atoms with van der Waals surface area (Å²) in [6.07, 6.45) is 0. The molecule has 7 nitrogen and oxygen atoms in total. The normalized spacial score (nSPS) is 10.2. The van der Waals surface area contributed by atoms with Gasteiger partial charge in [0.25, 0.3) is 5.91 Å². The number of methoxy groups -OCH3 is 1. The molecule has 1 rings (SSSR count). The van der Waals surface area contributed by atoms with Crippen LogP contribution in [0.3, 0.4) is 0 Å². The smallest absolute Gasteiger partial charge is 0.318 e. The number of amides is 3. The number of nitrogens with two attached hydrogens (primary N) is 1. The summed E-state index contributed by atoms with van der Waals surface area (Å²) in [5.41, 5.74) is 5.89. The zero-order chi connectivity index (χ0) is 15.7. The first-order chi connectivity index (χ1) is 10.0. The number of nitrogens with one attached hydrogen (secondary N) is 2. The zero-order valence-corrected chi connectivity index (χ0v) is 13.2. The van der Waals surface area contributed by atoms with Crippen molar-refractivity contribution in [1.82, 2.24) is 10.6 Å². The van der Waals surface area contributed by atoms with Gasteiger partial charge < -0.3 is 20.5 Å². The predicted octanol–water partition coefficient (Wildman–Crippen LogP) is 0.759. The Morgan fingerprint density at radius 1 is 1.38 bits per heavy atom. The number of urea groups is 1. The van der Waals surface area contributed by atoms with E-state index in [1.54, 1.807) is 13.2 Å². The van der Waals surface area contributed by atoms with Crippen molar-refractivity contribution in [3.05, 3.63) is 28.2 Å². The fraction of sp³-hybridized carbons (Fsp3) is 0.385. The van der Waals surface area contributed by atoms with E-state index in [0.717, 1.165) is 16.6 Å². The Morgan fingerprint density at radius 2 is 2.14 bits per heavy atom. The van der Waals surface area contributed by atoms with E-state index < -0.39 is 11.9 Å². The van der Waals surface area contributed by atoms with Crippen LogP contribution in [0.1, 0.15) is 5.56 Å². The third-order valence-corrected chi connectivity index (χ3v) is 3.05. The predicted molar refractivity (Wildman–Crippen MR) is 80.9 cm³/mol. The van der Waals surface area contributed by atoms with Gasteiger partial charge in [0.05, 0.1) is 11.1 Å². The second kappa shape index (κ2) is 9.32. The fourth-order valence-electron chi connectivity index (χ4n) is 1.50. The monoisotopic (exact) mass is 359 g/mol. The molecule has 0 saturated heterocycles. The van der Waals surface area contributed by atoms with Crippen molar-refractivity contribution in [2.75, 3.05) is 26.9 Å². The van der Waals surface area contributed by atoms with Crippen LogP contribution in [0.2, 0.25) is 0 Å². The summed E-state index contributed by atoms with van der Waals surface area (Å²) in [5.74, 6) is -0.0880. The van der Waals surface area contributed by atoms with Crippen molar-refractivity contribution in [3.8, 4) is 5.75 Å². The number of hydrogen-bond acceptors (Lipinski definition) is 5. The summed E-state index contributed by atoms with van der Waals surface area (Å²) >= 11 is 3.37. The third-order valence-electron chi connectivity index (χ3n) is 2.43. The highest BCUT2D eigenvalue weighted by molar-refractivity contribution is 9.10. The maximum absolute atomic E-state index is 11.2. The number of hydrogen-bond donors (Lipinski definition) is 3. The SMILES string of the molecule is COCCNCc1ccc(OCC(=O)NC(N)=O)c(Br)c1. The van der Waals surface area contributed by atoms with E-state index in [1.165, 1.54) is 0 Å². The van der Waals surface area contributed by atoms with Gasteiger partial charge in [-0.1, -0.05) is 6.07 Å². The van der Waals surface area contributed by atoms with E-state index in [2.05, 4.69) is 21.2 Å². The molecule has 0 aliphatic heterocycles. The maximum Gasteiger partial charge on any atom is 0.318 e.